The van der Waals surface area contributed by atoms with Crippen molar-refractivity contribution in [1.29, 1.82) is 0 Å². The van der Waals surface area contributed by atoms with E-state index in [9.17, 15) is 27.5 Å². The van der Waals surface area contributed by atoms with Crippen molar-refractivity contribution in [2.24, 2.45) is 5.92 Å². The first-order valence-corrected chi connectivity index (χ1v) is 6.14. The molecule has 0 saturated heterocycles. The summed E-state index contributed by atoms with van der Waals surface area (Å²) < 4.78 is 50.2. The predicted molar refractivity (Wildman–Crippen MR) is 68.7 cm³/mol. The van der Waals surface area contributed by atoms with Gasteiger partial charge in [-0.2, -0.15) is 13.2 Å². The molecule has 0 aliphatic carbocycles. The number of hydrogen-bond acceptors (Lipinski definition) is 2. The molecule has 1 unspecified atom stereocenters. The summed E-state index contributed by atoms with van der Waals surface area (Å²) in [5.41, 5.74) is 0.0550. The number of rotatable bonds is 3. The van der Waals surface area contributed by atoms with Gasteiger partial charge in [0.15, 0.2) is 0 Å². The Balaban J connectivity index is 2.79. The molecule has 0 heterocycles. The normalized spacial score (nSPS) is 14.0. The molecule has 1 aromatic rings. The van der Waals surface area contributed by atoms with Crippen molar-refractivity contribution in [2.75, 3.05) is 5.32 Å². The van der Waals surface area contributed by atoms with Gasteiger partial charge in [-0.3, -0.25) is 4.79 Å². The van der Waals surface area contributed by atoms with Gasteiger partial charge in [-0.15, -0.1) is 0 Å². The lowest BCUT2D eigenvalue weighted by atomic mass is 10.1. The summed E-state index contributed by atoms with van der Waals surface area (Å²) in [5, 5.41) is 11.3. The lowest BCUT2D eigenvalue weighted by molar-refractivity contribution is -0.166. The van der Waals surface area contributed by atoms with E-state index >= 15 is 0 Å². The van der Waals surface area contributed by atoms with Crippen molar-refractivity contribution in [1.82, 2.24) is 0 Å². The highest BCUT2D eigenvalue weighted by molar-refractivity contribution is 9.10. The SMILES string of the molecule is CC(C(O)=CC(=O)Nc1ccc(Br)c(F)c1)C(F)(F)F. The van der Waals surface area contributed by atoms with Crippen LogP contribution >= 0.6 is 15.9 Å². The second-order valence-corrected chi connectivity index (χ2v) is 4.80. The zero-order valence-corrected chi connectivity index (χ0v) is 11.7. The van der Waals surface area contributed by atoms with E-state index in [1.54, 1.807) is 0 Å². The number of aliphatic hydroxyl groups is 1. The first-order valence-electron chi connectivity index (χ1n) is 5.34. The molecule has 20 heavy (non-hydrogen) atoms. The molecule has 8 heteroatoms. The van der Waals surface area contributed by atoms with Gasteiger partial charge in [0.2, 0.25) is 0 Å². The van der Waals surface area contributed by atoms with Crippen LogP contribution in [0.4, 0.5) is 23.2 Å². The molecule has 110 valence electrons. The van der Waals surface area contributed by atoms with Gasteiger partial charge in [0.1, 0.15) is 17.5 Å². The highest BCUT2D eigenvalue weighted by atomic mass is 79.9. The molecule has 0 spiro atoms. The highest BCUT2D eigenvalue weighted by Crippen LogP contribution is 2.30. The summed E-state index contributed by atoms with van der Waals surface area (Å²) in [6, 6.07) is 3.66. The average molecular weight is 356 g/mol. The number of carbonyl (C=O) groups is 1. The van der Waals surface area contributed by atoms with Crippen LogP contribution in [-0.4, -0.2) is 17.2 Å². The fraction of sp³-hybridized carbons (Fsp3) is 0.250. The molecule has 0 radical (unpaired) electrons. The lowest BCUT2D eigenvalue weighted by Crippen LogP contribution is -2.23. The number of hydrogen-bond donors (Lipinski definition) is 2. The van der Waals surface area contributed by atoms with Crippen LogP contribution in [0, 0.1) is 11.7 Å². The highest BCUT2D eigenvalue weighted by Gasteiger charge is 2.38. The van der Waals surface area contributed by atoms with Gasteiger partial charge in [-0.25, -0.2) is 4.39 Å². The van der Waals surface area contributed by atoms with Crippen LogP contribution in [-0.2, 0) is 4.79 Å². The molecular weight excluding hydrogens is 346 g/mol. The van der Waals surface area contributed by atoms with E-state index in [1.807, 2.05) is 0 Å². The minimum absolute atomic E-state index is 0.0550. The van der Waals surface area contributed by atoms with Crippen LogP contribution in [0.5, 0.6) is 0 Å². The lowest BCUT2D eigenvalue weighted by Gasteiger charge is -2.14. The molecule has 1 aromatic carbocycles. The van der Waals surface area contributed by atoms with E-state index in [4.69, 9.17) is 0 Å². The molecule has 0 saturated carbocycles. The summed E-state index contributed by atoms with van der Waals surface area (Å²) in [6.07, 6.45) is -4.23. The molecule has 1 rings (SSSR count). The quantitative estimate of drug-likeness (QED) is 0.485. The maximum Gasteiger partial charge on any atom is 0.398 e. The summed E-state index contributed by atoms with van der Waals surface area (Å²) in [5.74, 6) is -4.90. The Kier molecular flexibility index (Phi) is 5.15. The number of benzene rings is 1. The van der Waals surface area contributed by atoms with Crippen molar-refractivity contribution in [3.05, 3.63) is 40.3 Å². The van der Waals surface area contributed by atoms with Crippen molar-refractivity contribution in [3.63, 3.8) is 0 Å². The van der Waals surface area contributed by atoms with E-state index in [0.29, 0.717) is 6.08 Å². The Hall–Kier alpha value is -1.57. The van der Waals surface area contributed by atoms with Gasteiger partial charge in [0, 0.05) is 11.8 Å². The first kappa shape index (κ1) is 16.5. The van der Waals surface area contributed by atoms with Gasteiger partial charge in [-0.05, 0) is 41.1 Å². The molecule has 1 amide bonds. The van der Waals surface area contributed by atoms with E-state index in [0.717, 1.165) is 13.0 Å². The number of allylic oxidation sites excluding steroid dienone is 1. The topological polar surface area (TPSA) is 49.3 Å². The molecule has 0 aliphatic heterocycles. The maximum atomic E-state index is 13.2. The van der Waals surface area contributed by atoms with Crippen LogP contribution in [0.25, 0.3) is 0 Å². The van der Waals surface area contributed by atoms with Gasteiger partial charge >= 0.3 is 6.18 Å². The van der Waals surface area contributed by atoms with Crippen molar-refractivity contribution < 1.29 is 27.5 Å². The van der Waals surface area contributed by atoms with Crippen molar-refractivity contribution in [3.8, 4) is 0 Å². The summed E-state index contributed by atoms with van der Waals surface area (Å²) in [4.78, 5) is 11.4. The van der Waals surface area contributed by atoms with Crippen LogP contribution in [0.15, 0.2) is 34.5 Å². The number of anilines is 1. The van der Waals surface area contributed by atoms with E-state index < -0.39 is 29.6 Å². The second kappa shape index (κ2) is 6.25. The maximum absolute atomic E-state index is 13.2. The molecular formula is C12H10BrF4NO2. The monoisotopic (exact) mass is 355 g/mol. The Labute approximate surface area is 120 Å². The zero-order chi connectivity index (χ0) is 15.5. The summed E-state index contributed by atoms with van der Waals surface area (Å²) in [7, 11) is 0. The van der Waals surface area contributed by atoms with Gasteiger partial charge in [-0.1, -0.05) is 0 Å². The number of nitrogens with one attached hydrogen (secondary N) is 1. The fourth-order valence-corrected chi connectivity index (χ4v) is 1.43. The zero-order valence-electron chi connectivity index (χ0n) is 10.1. The third-order valence-electron chi connectivity index (χ3n) is 2.40. The van der Waals surface area contributed by atoms with Gasteiger partial charge in [0.05, 0.1) is 4.47 Å². The second-order valence-electron chi connectivity index (χ2n) is 3.95. The Bertz CT molecular complexity index is 543. The molecule has 0 bridgehead atoms. The molecule has 3 nitrogen and oxygen atoms in total. The van der Waals surface area contributed by atoms with Crippen LogP contribution < -0.4 is 5.32 Å². The molecule has 2 N–H and O–H groups in total. The van der Waals surface area contributed by atoms with Crippen LogP contribution in [0.3, 0.4) is 0 Å². The third kappa shape index (κ3) is 4.52. The molecule has 0 aliphatic rings. The Morgan fingerprint density at radius 1 is 1.45 bits per heavy atom. The molecule has 1 atom stereocenters. The first-order chi connectivity index (χ1) is 9.11. The van der Waals surface area contributed by atoms with Crippen molar-refractivity contribution in [2.45, 2.75) is 13.1 Å². The minimum atomic E-state index is -4.65. The fourth-order valence-electron chi connectivity index (χ4n) is 1.18. The van der Waals surface area contributed by atoms with Crippen LogP contribution in [0.2, 0.25) is 0 Å². The average Bonchev–Trinajstić information content (AvgIpc) is 2.31. The van der Waals surface area contributed by atoms with E-state index in [-0.39, 0.29) is 10.2 Å². The Morgan fingerprint density at radius 3 is 2.55 bits per heavy atom. The predicted octanol–water partition coefficient (Wildman–Crippen LogP) is 4.17. The number of alkyl halides is 3. The van der Waals surface area contributed by atoms with E-state index in [2.05, 4.69) is 21.2 Å². The largest absolute Gasteiger partial charge is 0.511 e. The van der Waals surface area contributed by atoms with Crippen molar-refractivity contribution >= 4 is 27.5 Å². The van der Waals surface area contributed by atoms with E-state index in [1.165, 1.54) is 12.1 Å². The summed E-state index contributed by atoms with van der Waals surface area (Å²) in [6.45, 7) is 0.721. The summed E-state index contributed by atoms with van der Waals surface area (Å²) >= 11 is 2.91. The van der Waals surface area contributed by atoms with Crippen LogP contribution in [0.1, 0.15) is 6.92 Å². The number of carbonyl (C=O) groups excluding carboxylic acids is 1. The minimum Gasteiger partial charge on any atom is -0.511 e. The van der Waals surface area contributed by atoms with Gasteiger partial charge < -0.3 is 10.4 Å². The Morgan fingerprint density at radius 2 is 2.05 bits per heavy atom. The molecule has 0 fully saturated rings. The number of amides is 1. The van der Waals surface area contributed by atoms with Gasteiger partial charge in [0.25, 0.3) is 5.91 Å². The third-order valence-corrected chi connectivity index (χ3v) is 3.04. The number of halogens is 5. The standard InChI is InChI=1S/C12H10BrF4NO2/c1-6(12(15,16)17)10(19)5-11(20)18-7-2-3-8(13)9(14)4-7/h2-6,19H,1H3,(H,18,20). The number of aliphatic hydroxyl groups excluding tert-OH is 1. The molecule has 0 aromatic heterocycles. The smallest absolute Gasteiger partial charge is 0.398 e.